The van der Waals surface area contributed by atoms with Crippen molar-refractivity contribution in [3.05, 3.63) is 81.4 Å². The first-order valence-electron chi connectivity index (χ1n) is 9.29. The predicted molar refractivity (Wildman–Crippen MR) is 108 cm³/mol. The first kappa shape index (κ1) is 20.4. The minimum absolute atomic E-state index is 0.0170. The lowest BCUT2D eigenvalue weighted by Gasteiger charge is -2.26. The van der Waals surface area contributed by atoms with Gasteiger partial charge in [0, 0.05) is 25.2 Å². The van der Waals surface area contributed by atoms with Crippen molar-refractivity contribution in [3.8, 4) is 5.82 Å². The Hall–Kier alpha value is -2.87. The molecule has 0 aliphatic heterocycles. The van der Waals surface area contributed by atoms with Crippen molar-refractivity contribution in [2.24, 2.45) is 0 Å². The first-order valence-corrected chi connectivity index (χ1v) is 9.67. The van der Waals surface area contributed by atoms with Crippen molar-refractivity contribution >= 4 is 17.3 Å². The second-order valence-electron chi connectivity index (χ2n) is 7.47. The fourth-order valence-corrected chi connectivity index (χ4v) is 3.83. The summed E-state index contributed by atoms with van der Waals surface area (Å²) in [5.41, 5.74) is 0.175. The van der Waals surface area contributed by atoms with Crippen LogP contribution in [-0.4, -0.2) is 28.4 Å². The average Bonchev–Trinajstić information content (AvgIpc) is 3.50. The molecule has 2 aromatic heterocycles. The highest BCUT2D eigenvalue weighted by Gasteiger charge is 2.45. The summed E-state index contributed by atoms with van der Waals surface area (Å²) in [6.07, 6.45) is -0.332. The van der Waals surface area contributed by atoms with Gasteiger partial charge in [0.2, 0.25) is 0 Å². The van der Waals surface area contributed by atoms with Gasteiger partial charge in [0.25, 0.3) is 5.56 Å². The number of benzene rings is 1. The fraction of sp³-hybridized carbons (Fsp3) is 0.286. The molecule has 1 fully saturated rings. The number of nitrogens with zero attached hydrogens (tertiary/aromatic N) is 4. The van der Waals surface area contributed by atoms with Gasteiger partial charge in [-0.25, -0.2) is 4.98 Å². The number of halogens is 4. The molecule has 1 aliphatic rings. The molecule has 1 aromatic carbocycles. The molecule has 4 rings (SSSR count). The van der Waals surface area contributed by atoms with Crippen LogP contribution < -0.4 is 10.5 Å². The van der Waals surface area contributed by atoms with Crippen LogP contribution >= 0.6 is 11.6 Å². The van der Waals surface area contributed by atoms with E-state index in [1.165, 1.54) is 11.8 Å². The van der Waals surface area contributed by atoms with Gasteiger partial charge >= 0.3 is 6.18 Å². The molecule has 156 valence electrons. The lowest BCUT2D eigenvalue weighted by molar-refractivity contribution is -0.137. The molecule has 1 aliphatic carbocycles. The van der Waals surface area contributed by atoms with E-state index in [-0.39, 0.29) is 16.3 Å². The van der Waals surface area contributed by atoms with Gasteiger partial charge in [-0.1, -0.05) is 41.9 Å². The molecule has 0 spiro atoms. The third-order valence-electron chi connectivity index (χ3n) is 5.38. The SMILES string of the molecule is CN(CC1(c2ccccc2)CC1)c1cnn(-c2ccc(C(F)(F)F)cn2)c(=O)c1Cl. The summed E-state index contributed by atoms with van der Waals surface area (Å²) in [5.74, 6) is -0.0351. The van der Waals surface area contributed by atoms with E-state index >= 15 is 0 Å². The van der Waals surface area contributed by atoms with Crippen molar-refractivity contribution in [1.82, 2.24) is 14.8 Å². The lowest BCUT2D eigenvalue weighted by atomic mass is 9.95. The highest BCUT2D eigenvalue weighted by atomic mass is 35.5. The largest absolute Gasteiger partial charge is 0.417 e. The molecule has 3 aromatic rings. The Morgan fingerprint density at radius 2 is 1.83 bits per heavy atom. The quantitative estimate of drug-likeness (QED) is 0.594. The number of rotatable bonds is 5. The van der Waals surface area contributed by atoms with Gasteiger partial charge < -0.3 is 4.90 Å². The maximum atomic E-state index is 12.7. The molecule has 0 amide bonds. The third kappa shape index (κ3) is 3.79. The summed E-state index contributed by atoms with van der Waals surface area (Å²) in [6.45, 7) is 0.667. The van der Waals surface area contributed by atoms with E-state index in [4.69, 9.17) is 11.6 Å². The average molecular weight is 435 g/mol. The molecule has 0 unspecified atom stereocenters. The summed E-state index contributed by atoms with van der Waals surface area (Å²) in [6, 6.07) is 12.1. The second kappa shape index (κ2) is 7.43. The zero-order valence-electron chi connectivity index (χ0n) is 16.0. The topological polar surface area (TPSA) is 51.0 Å². The van der Waals surface area contributed by atoms with E-state index in [0.29, 0.717) is 18.4 Å². The van der Waals surface area contributed by atoms with E-state index in [0.717, 1.165) is 29.7 Å². The van der Waals surface area contributed by atoms with E-state index < -0.39 is 17.3 Å². The number of alkyl halides is 3. The van der Waals surface area contributed by atoms with Crippen LogP contribution in [0.15, 0.2) is 59.7 Å². The van der Waals surface area contributed by atoms with E-state index in [2.05, 4.69) is 22.2 Å². The van der Waals surface area contributed by atoms with Gasteiger partial charge in [-0.2, -0.15) is 23.0 Å². The summed E-state index contributed by atoms with van der Waals surface area (Å²) in [7, 11) is 1.84. The Morgan fingerprint density at radius 3 is 2.40 bits per heavy atom. The standard InChI is InChI=1S/C21H18ClF3N4O/c1-28(13-20(9-10-20)14-5-3-2-4-6-14)16-12-27-29(19(30)18(16)22)17-8-7-15(11-26-17)21(23,24)25/h2-8,11-12H,9-10,13H2,1H3. The van der Waals surface area contributed by atoms with Crippen LogP contribution in [0.2, 0.25) is 5.02 Å². The Balaban J connectivity index is 1.60. The van der Waals surface area contributed by atoms with Gasteiger partial charge in [0.15, 0.2) is 5.82 Å². The zero-order chi connectivity index (χ0) is 21.5. The molecular formula is C21H18ClF3N4O. The number of likely N-dealkylation sites (N-methyl/N-ethyl adjacent to an activating group) is 1. The molecule has 0 atom stereocenters. The molecule has 0 radical (unpaired) electrons. The van der Waals surface area contributed by atoms with Crippen LogP contribution in [0, 0.1) is 0 Å². The fourth-order valence-electron chi connectivity index (χ4n) is 3.55. The summed E-state index contributed by atoms with van der Waals surface area (Å²) < 4.78 is 39.1. The predicted octanol–water partition coefficient (Wildman–Crippen LogP) is 4.47. The Bertz CT molecular complexity index is 1110. The lowest BCUT2D eigenvalue weighted by Crippen LogP contribution is -2.32. The van der Waals surface area contributed by atoms with E-state index in [1.54, 1.807) is 0 Å². The van der Waals surface area contributed by atoms with Crippen LogP contribution in [-0.2, 0) is 11.6 Å². The maximum absolute atomic E-state index is 12.7. The maximum Gasteiger partial charge on any atom is 0.417 e. The zero-order valence-corrected chi connectivity index (χ0v) is 16.8. The van der Waals surface area contributed by atoms with Crippen LogP contribution in [0.4, 0.5) is 18.9 Å². The van der Waals surface area contributed by atoms with Crippen molar-refractivity contribution in [2.75, 3.05) is 18.5 Å². The highest BCUT2D eigenvalue weighted by molar-refractivity contribution is 6.33. The number of hydrogen-bond acceptors (Lipinski definition) is 4. The van der Waals surface area contributed by atoms with Crippen molar-refractivity contribution in [3.63, 3.8) is 0 Å². The highest BCUT2D eigenvalue weighted by Crippen LogP contribution is 2.49. The minimum atomic E-state index is -4.51. The van der Waals surface area contributed by atoms with Gasteiger partial charge in [-0.15, -0.1) is 0 Å². The van der Waals surface area contributed by atoms with Crippen LogP contribution in [0.3, 0.4) is 0 Å². The molecule has 0 N–H and O–H groups in total. The smallest absolute Gasteiger partial charge is 0.371 e. The number of anilines is 1. The van der Waals surface area contributed by atoms with Crippen LogP contribution in [0.25, 0.3) is 5.82 Å². The number of aromatic nitrogens is 3. The second-order valence-corrected chi connectivity index (χ2v) is 7.84. The molecule has 1 saturated carbocycles. The molecule has 2 heterocycles. The molecule has 0 saturated heterocycles. The van der Waals surface area contributed by atoms with Crippen LogP contribution in [0.1, 0.15) is 24.0 Å². The number of pyridine rings is 1. The van der Waals surface area contributed by atoms with E-state index in [1.807, 2.05) is 30.1 Å². The van der Waals surface area contributed by atoms with Crippen molar-refractivity contribution < 1.29 is 13.2 Å². The number of hydrogen-bond donors (Lipinski definition) is 0. The summed E-state index contributed by atoms with van der Waals surface area (Å²) >= 11 is 6.32. The van der Waals surface area contributed by atoms with Crippen molar-refractivity contribution in [1.29, 1.82) is 0 Å². The van der Waals surface area contributed by atoms with Gasteiger partial charge in [-0.3, -0.25) is 4.79 Å². The molecular weight excluding hydrogens is 417 g/mol. The van der Waals surface area contributed by atoms with Gasteiger partial charge in [0.05, 0.1) is 17.4 Å². The molecule has 9 heteroatoms. The van der Waals surface area contributed by atoms with Crippen LogP contribution in [0.5, 0.6) is 0 Å². The molecule has 0 bridgehead atoms. The molecule has 30 heavy (non-hydrogen) atoms. The van der Waals surface area contributed by atoms with Gasteiger partial charge in [0.1, 0.15) is 5.02 Å². The first-order chi connectivity index (χ1) is 14.2. The Labute approximate surface area is 175 Å². The summed E-state index contributed by atoms with van der Waals surface area (Å²) in [5, 5.41) is 4.02. The van der Waals surface area contributed by atoms with Crippen molar-refractivity contribution in [2.45, 2.75) is 24.4 Å². The van der Waals surface area contributed by atoms with Gasteiger partial charge in [-0.05, 0) is 30.5 Å². The minimum Gasteiger partial charge on any atom is -0.371 e. The normalized spacial score (nSPS) is 15.1. The summed E-state index contributed by atoms with van der Waals surface area (Å²) in [4.78, 5) is 18.3. The third-order valence-corrected chi connectivity index (χ3v) is 5.74. The molecule has 5 nitrogen and oxygen atoms in total. The van der Waals surface area contributed by atoms with E-state index in [9.17, 15) is 18.0 Å². The monoisotopic (exact) mass is 434 g/mol. The Morgan fingerprint density at radius 1 is 1.13 bits per heavy atom. The Kier molecular flexibility index (Phi) is 5.05.